The summed E-state index contributed by atoms with van der Waals surface area (Å²) in [5.41, 5.74) is 0.961. The van der Waals surface area contributed by atoms with Gasteiger partial charge in [-0.05, 0) is 38.2 Å². The number of aliphatic hydroxyl groups is 1. The van der Waals surface area contributed by atoms with Crippen LogP contribution in [0.5, 0.6) is 0 Å². The van der Waals surface area contributed by atoms with E-state index in [0.29, 0.717) is 30.7 Å². The van der Waals surface area contributed by atoms with Gasteiger partial charge in [0.2, 0.25) is 0 Å². The second-order valence-corrected chi connectivity index (χ2v) is 7.25. The maximum atomic E-state index is 13.2. The van der Waals surface area contributed by atoms with Crippen LogP contribution in [0.3, 0.4) is 0 Å². The highest BCUT2D eigenvalue weighted by Gasteiger charge is 2.45. The minimum Gasteiger partial charge on any atom is -0.383 e. The van der Waals surface area contributed by atoms with E-state index < -0.39 is 5.60 Å². The fourth-order valence-corrected chi connectivity index (χ4v) is 3.95. The van der Waals surface area contributed by atoms with Crippen molar-refractivity contribution >= 4 is 11.6 Å². The van der Waals surface area contributed by atoms with Crippen molar-refractivity contribution in [2.45, 2.75) is 18.1 Å². The van der Waals surface area contributed by atoms with Gasteiger partial charge >= 0.3 is 0 Å². The first-order chi connectivity index (χ1) is 13.0. The van der Waals surface area contributed by atoms with Crippen molar-refractivity contribution in [3.8, 4) is 0 Å². The van der Waals surface area contributed by atoms with Crippen molar-refractivity contribution in [1.29, 1.82) is 0 Å². The average molecular weight is 365 g/mol. The van der Waals surface area contributed by atoms with Crippen LogP contribution in [0.4, 0.5) is 0 Å². The number of benzene rings is 1. The largest absolute Gasteiger partial charge is 0.383 e. The number of piperidine rings is 1. The first-order valence-electron chi connectivity index (χ1n) is 9.02. The Morgan fingerprint density at radius 1 is 1.22 bits per heavy atom. The third kappa shape index (κ3) is 2.98. The number of likely N-dealkylation sites (N-methyl/N-ethyl adjacent to an activating group) is 1. The normalized spacial score (nSPS) is 23.1. The molecule has 1 fully saturated rings. The number of hydrogen-bond acceptors (Lipinski definition) is 5. The van der Waals surface area contributed by atoms with Crippen molar-refractivity contribution in [1.82, 2.24) is 24.4 Å². The molecule has 0 bridgehead atoms. The lowest BCUT2D eigenvalue weighted by Gasteiger charge is -2.47. The summed E-state index contributed by atoms with van der Waals surface area (Å²) in [7, 11) is 3.87. The number of amides is 1. The molecule has 7 nitrogen and oxygen atoms in total. The average Bonchev–Trinajstić information content (AvgIpc) is 3.17. The van der Waals surface area contributed by atoms with E-state index in [1.807, 2.05) is 61.6 Å². The molecule has 2 atom stereocenters. The Labute approximate surface area is 157 Å². The number of carbonyl (C=O) groups excluding carboxylic acids is 1. The van der Waals surface area contributed by atoms with Gasteiger partial charge in [-0.15, -0.1) is 10.2 Å². The van der Waals surface area contributed by atoms with Crippen LogP contribution in [0, 0.1) is 0 Å². The lowest BCUT2D eigenvalue weighted by atomic mass is 9.79. The number of fused-ring (bicyclic) bond motifs is 1. The zero-order valence-corrected chi connectivity index (χ0v) is 15.5. The number of carbonyl (C=O) groups is 1. The van der Waals surface area contributed by atoms with Crippen LogP contribution < -0.4 is 0 Å². The molecule has 1 N–H and O–H groups in total. The molecule has 1 aliphatic heterocycles. The van der Waals surface area contributed by atoms with Gasteiger partial charge in [-0.25, -0.2) is 0 Å². The maximum absolute atomic E-state index is 13.2. The molecular formula is C20H23N5O2. The van der Waals surface area contributed by atoms with Crippen LogP contribution in [0.15, 0.2) is 55.0 Å². The van der Waals surface area contributed by atoms with Crippen LogP contribution >= 0.6 is 0 Å². The molecule has 0 radical (unpaired) electrons. The molecule has 2 aromatic heterocycles. The van der Waals surface area contributed by atoms with Gasteiger partial charge in [0.1, 0.15) is 11.9 Å². The zero-order chi connectivity index (χ0) is 19.0. The lowest BCUT2D eigenvalue weighted by Crippen LogP contribution is -2.60. The molecule has 7 heteroatoms. The van der Waals surface area contributed by atoms with Gasteiger partial charge in [0.15, 0.2) is 5.65 Å². The molecule has 0 aliphatic carbocycles. The summed E-state index contributed by atoms with van der Waals surface area (Å²) in [4.78, 5) is 17.0. The maximum Gasteiger partial charge on any atom is 0.257 e. The molecule has 1 aromatic carbocycles. The van der Waals surface area contributed by atoms with E-state index >= 15 is 0 Å². The summed E-state index contributed by atoms with van der Waals surface area (Å²) in [6.07, 6.45) is 3.87. The van der Waals surface area contributed by atoms with E-state index in [9.17, 15) is 9.90 Å². The van der Waals surface area contributed by atoms with Gasteiger partial charge in [-0.2, -0.15) is 0 Å². The smallest absolute Gasteiger partial charge is 0.257 e. The van der Waals surface area contributed by atoms with Crippen LogP contribution in [-0.2, 0) is 5.60 Å². The number of pyridine rings is 1. The fraction of sp³-hybridized carbons (Fsp3) is 0.350. The Kier molecular flexibility index (Phi) is 4.41. The van der Waals surface area contributed by atoms with Crippen molar-refractivity contribution in [2.75, 3.05) is 27.2 Å². The monoisotopic (exact) mass is 365 g/mol. The van der Waals surface area contributed by atoms with Crippen molar-refractivity contribution in [2.24, 2.45) is 0 Å². The van der Waals surface area contributed by atoms with Crippen LogP contribution in [0.25, 0.3) is 5.65 Å². The zero-order valence-electron chi connectivity index (χ0n) is 15.5. The van der Waals surface area contributed by atoms with Gasteiger partial charge in [-0.3, -0.25) is 9.20 Å². The molecule has 4 rings (SSSR count). The Hall–Kier alpha value is -2.77. The summed E-state index contributed by atoms with van der Waals surface area (Å²) >= 11 is 0. The Morgan fingerprint density at radius 2 is 2.00 bits per heavy atom. The SMILES string of the molecule is CN(C)[C@@H]1CN(C(=O)c2cccn3cnnc23)CC[C@]1(O)c1ccccc1. The van der Waals surface area contributed by atoms with Crippen molar-refractivity contribution in [3.63, 3.8) is 0 Å². The predicted molar refractivity (Wildman–Crippen MR) is 101 cm³/mol. The first-order valence-corrected chi connectivity index (χ1v) is 9.02. The molecular weight excluding hydrogens is 342 g/mol. The highest BCUT2D eigenvalue weighted by molar-refractivity contribution is 5.99. The summed E-state index contributed by atoms with van der Waals surface area (Å²) in [5, 5.41) is 19.4. The van der Waals surface area contributed by atoms with Crippen molar-refractivity contribution < 1.29 is 9.90 Å². The fourth-order valence-electron chi connectivity index (χ4n) is 3.95. The second kappa shape index (κ2) is 6.75. The molecule has 140 valence electrons. The minimum atomic E-state index is -0.998. The number of likely N-dealkylation sites (tertiary alicyclic amines) is 1. The summed E-state index contributed by atoms with van der Waals surface area (Å²) in [6, 6.07) is 13.1. The third-order valence-corrected chi connectivity index (χ3v) is 5.45. The summed E-state index contributed by atoms with van der Waals surface area (Å²) in [5.74, 6) is -0.0874. The molecule has 0 unspecified atom stereocenters. The van der Waals surface area contributed by atoms with E-state index in [1.165, 1.54) is 0 Å². The van der Waals surface area contributed by atoms with E-state index in [-0.39, 0.29) is 11.9 Å². The quantitative estimate of drug-likeness (QED) is 0.759. The molecule has 3 aromatic rings. The van der Waals surface area contributed by atoms with Crippen LogP contribution in [0.1, 0.15) is 22.3 Å². The summed E-state index contributed by atoms with van der Waals surface area (Å²) < 4.78 is 1.74. The first kappa shape index (κ1) is 17.6. The van der Waals surface area contributed by atoms with Gasteiger partial charge in [-0.1, -0.05) is 30.3 Å². The minimum absolute atomic E-state index is 0.0874. The number of nitrogens with zero attached hydrogens (tertiary/aromatic N) is 5. The number of aromatic nitrogens is 3. The second-order valence-electron chi connectivity index (χ2n) is 7.25. The highest BCUT2D eigenvalue weighted by atomic mass is 16.3. The van der Waals surface area contributed by atoms with E-state index in [0.717, 1.165) is 5.56 Å². The standard InChI is InChI=1S/C20H23N5O2/c1-23(2)17-13-24(12-10-20(17,27)15-7-4-3-5-8-15)19(26)16-9-6-11-25-14-21-22-18(16)25/h3-9,11,14,17,27H,10,12-13H2,1-2H3/t17-,20+/m1/s1. The summed E-state index contributed by atoms with van der Waals surface area (Å²) in [6.45, 7) is 0.913. The van der Waals surface area contributed by atoms with Gasteiger partial charge in [0, 0.05) is 19.3 Å². The van der Waals surface area contributed by atoms with Crippen molar-refractivity contribution in [3.05, 3.63) is 66.1 Å². The topological polar surface area (TPSA) is 74.0 Å². The van der Waals surface area contributed by atoms with E-state index in [2.05, 4.69) is 10.2 Å². The van der Waals surface area contributed by atoms with Crippen LogP contribution in [-0.4, -0.2) is 68.6 Å². The molecule has 3 heterocycles. The molecule has 1 amide bonds. The van der Waals surface area contributed by atoms with E-state index in [4.69, 9.17) is 0 Å². The Balaban J connectivity index is 1.64. The number of hydrogen-bond donors (Lipinski definition) is 1. The molecule has 0 spiro atoms. The van der Waals surface area contributed by atoms with Crippen LogP contribution in [0.2, 0.25) is 0 Å². The lowest BCUT2D eigenvalue weighted by molar-refractivity contribution is -0.0810. The molecule has 1 saturated heterocycles. The molecule has 0 saturated carbocycles. The number of rotatable bonds is 3. The molecule has 1 aliphatic rings. The van der Waals surface area contributed by atoms with Gasteiger partial charge < -0.3 is 14.9 Å². The van der Waals surface area contributed by atoms with E-state index in [1.54, 1.807) is 21.7 Å². The molecule has 27 heavy (non-hydrogen) atoms. The Bertz CT molecular complexity index is 955. The van der Waals surface area contributed by atoms with Gasteiger partial charge in [0.05, 0.1) is 11.6 Å². The predicted octanol–water partition coefficient (Wildman–Crippen LogP) is 1.39. The third-order valence-electron chi connectivity index (χ3n) is 5.45. The Morgan fingerprint density at radius 3 is 2.74 bits per heavy atom. The highest BCUT2D eigenvalue weighted by Crippen LogP contribution is 2.35. The van der Waals surface area contributed by atoms with Gasteiger partial charge in [0.25, 0.3) is 5.91 Å².